The molecule has 1 aliphatic heterocycles. The molecule has 1 fully saturated rings. The van der Waals surface area contributed by atoms with Crippen molar-refractivity contribution in [3.05, 3.63) is 29.8 Å². The molecule has 1 aromatic carbocycles. The summed E-state index contributed by atoms with van der Waals surface area (Å²) in [5.74, 6) is 0.223. The van der Waals surface area contributed by atoms with E-state index in [1.807, 2.05) is 4.90 Å². The van der Waals surface area contributed by atoms with Crippen LogP contribution in [-0.4, -0.2) is 56.7 Å². The number of nitrogens with zero attached hydrogens (tertiary/aromatic N) is 1. The Morgan fingerprint density at radius 3 is 2.56 bits per heavy atom. The maximum atomic E-state index is 12.3. The first kappa shape index (κ1) is 19.2. The highest BCUT2D eigenvalue weighted by Gasteiger charge is 2.17. The largest absolute Gasteiger partial charge is 0.483 e. The Hall–Kier alpha value is -2.08. The number of amides is 2. The van der Waals surface area contributed by atoms with Gasteiger partial charge in [-0.25, -0.2) is 0 Å². The molecule has 0 saturated carbocycles. The number of benzene rings is 1. The number of hydrogen-bond acceptors (Lipinski definition) is 4. The Morgan fingerprint density at radius 1 is 1.12 bits per heavy atom. The number of carbonyl (C=O) groups excluding carboxylic acids is 2. The second-order valence-electron chi connectivity index (χ2n) is 6.18. The summed E-state index contributed by atoms with van der Waals surface area (Å²) >= 11 is 0. The molecular formula is C19H28N2O4. The van der Waals surface area contributed by atoms with E-state index in [9.17, 15) is 9.59 Å². The molecule has 1 saturated heterocycles. The van der Waals surface area contributed by atoms with Crippen LogP contribution in [0, 0.1) is 0 Å². The number of ether oxygens (including phenoxy) is 2. The van der Waals surface area contributed by atoms with E-state index in [2.05, 4.69) is 5.32 Å². The molecule has 138 valence electrons. The topological polar surface area (TPSA) is 67.9 Å². The van der Waals surface area contributed by atoms with Crippen molar-refractivity contribution < 1.29 is 19.1 Å². The van der Waals surface area contributed by atoms with Crippen LogP contribution in [0.4, 0.5) is 0 Å². The van der Waals surface area contributed by atoms with E-state index in [0.29, 0.717) is 24.5 Å². The molecule has 0 aromatic heterocycles. The van der Waals surface area contributed by atoms with Crippen LogP contribution in [0.25, 0.3) is 0 Å². The summed E-state index contributed by atoms with van der Waals surface area (Å²) in [7, 11) is 1.63. The molecule has 1 N–H and O–H groups in total. The molecule has 1 aromatic rings. The Balaban J connectivity index is 1.88. The molecule has 0 radical (unpaired) electrons. The zero-order chi connectivity index (χ0) is 17.9. The van der Waals surface area contributed by atoms with Gasteiger partial charge in [-0.2, -0.15) is 0 Å². The minimum Gasteiger partial charge on any atom is -0.483 e. The van der Waals surface area contributed by atoms with Crippen molar-refractivity contribution in [1.29, 1.82) is 0 Å². The van der Waals surface area contributed by atoms with Gasteiger partial charge in [-0.3, -0.25) is 9.59 Å². The zero-order valence-electron chi connectivity index (χ0n) is 15.0. The fourth-order valence-corrected chi connectivity index (χ4v) is 2.84. The lowest BCUT2D eigenvalue weighted by molar-refractivity contribution is -0.133. The maximum Gasteiger partial charge on any atom is 0.260 e. The molecule has 25 heavy (non-hydrogen) atoms. The van der Waals surface area contributed by atoms with E-state index in [-0.39, 0.29) is 18.4 Å². The van der Waals surface area contributed by atoms with E-state index >= 15 is 0 Å². The van der Waals surface area contributed by atoms with Crippen molar-refractivity contribution in [1.82, 2.24) is 10.2 Å². The summed E-state index contributed by atoms with van der Waals surface area (Å²) in [4.78, 5) is 26.5. The second kappa shape index (κ2) is 10.7. The van der Waals surface area contributed by atoms with Crippen molar-refractivity contribution in [3.63, 3.8) is 0 Å². The molecule has 2 amide bonds. The van der Waals surface area contributed by atoms with E-state index in [1.54, 1.807) is 31.4 Å². The van der Waals surface area contributed by atoms with Crippen LogP contribution in [0.2, 0.25) is 0 Å². The summed E-state index contributed by atoms with van der Waals surface area (Å²) in [6, 6.07) is 7.01. The van der Waals surface area contributed by atoms with Gasteiger partial charge in [-0.15, -0.1) is 0 Å². The van der Waals surface area contributed by atoms with Gasteiger partial charge < -0.3 is 19.7 Å². The van der Waals surface area contributed by atoms with E-state index < -0.39 is 0 Å². The van der Waals surface area contributed by atoms with Crippen LogP contribution in [0.15, 0.2) is 24.3 Å². The molecule has 2 rings (SSSR count). The zero-order valence-corrected chi connectivity index (χ0v) is 15.0. The number of nitrogens with one attached hydrogen (secondary N) is 1. The van der Waals surface area contributed by atoms with Gasteiger partial charge in [-0.05, 0) is 31.4 Å². The van der Waals surface area contributed by atoms with Crippen molar-refractivity contribution in [2.45, 2.75) is 32.1 Å². The number of para-hydroxylation sites is 1. The van der Waals surface area contributed by atoms with Crippen LogP contribution >= 0.6 is 0 Å². The summed E-state index contributed by atoms with van der Waals surface area (Å²) in [6.07, 6.45) is 5.20. The minimum atomic E-state index is -0.200. The quantitative estimate of drug-likeness (QED) is 0.732. The number of methoxy groups -OCH3 is 1. The predicted octanol–water partition coefficient (Wildman–Crippen LogP) is 2.23. The Morgan fingerprint density at radius 2 is 1.84 bits per heavy atom. The SMILES string of the molecule is COCCCNC(=O)c1ccccc1OCC(=O)N1CCCCCC1. The smallest absolute Gasteiger partial charge is 0.260 e. The van der Waals surface area contributed by atoms with Crippen molar-refractivity contribution in [3.8, 4) is 5.75 Å². The van der Waals surface area contributed by atoms with Gasteiger partial charge in [-0.1, -0.05) is 25.0 Å². The lowest BCUT2D eigenvalue weighted by Gasteiger charge is -2.20. The average Bonchev–Trinajstić information content (AvgIpc) is 2.93. The van der Waals surface area contributed by atoms with Crippen molar-refractivity contribution >= 4 is 11.8 Å². The Kier molecular flexibility index (Phi) is 8.25. The van der Waals surface area contributed by atoms with Gasteiger partial charge in [0.25, 0.3) is 11.8 Å². The molecule has 6 heteroatoms. The van der Waals surface area contributed by atoms with E-state index in [4.69, 9.17) is 9.47 Å². The number of carbonyl (C=O) groups is 2. The lowest BCUT2D eigenvalue weighted by atomic mass is 10.2. The van der Waals surface area contributed by atoms with Gasteiger partial charge in [0, 0.05) is 33.4 Å². The number of hydrogen-bond donors (Lipinski definition) is 1. The van der Waals surface area contributed by atoms with Gasteiger partial charge in [0.2, 0.25) is 0 Å². The summed E-state index contributed by atoms with van der Waals surface area (Å²) in [5, 5.41) is 2.84. The molecule has 1 aliphatic rings. The maximum absolute atomic E-state index is 12.3. The van der Waals surface area contributed by atoms with Gasteiger partial charge in [0.1, 0.15) is 5.75 Å². The summed E-state index contributed by atoms with van der Waals surface area (Å²) < 4.78 is 10.6. The van der Waals surface area contributed by atoms with Crippen LogP contribution in [-0.2, 0) is 9.53 Å². The third-order valence-corrected chi connectivity index (χ3v) is 4.25. The van der Waals surface area contributed by atoms with Crippen LogP contribution in [0.5, 0.6) is 5.75 Å². The number of rotatable bonds is 8. The Bertz CT molecular complexity index is 554. The van der Waals surface area contributed by atoms with Crippen molar-refractivity contribution in [2.75, 3.05) is 40.0 Å². The third kappa shape index (κ3) is 6.38. The first-order valence-corrected chi connectivity index (χ1v) is 8.99. The third-order valence-electron chi connectivity index (χ3n) is 4.25. The molecular weight excluding hydrogens is 320 g/mol. The van der Waals surface area contributed by atoms with E-state index in [0.717, 1.165) is 32.4 Å². The van der Waals surface area contributed by atoms with Crippen LogP contribution < -0.4 is 10.1 Å². The lowest BCUT2D eigenvalue weighted by Crippen LogP contribution is -2.35. The highest BCUT2D eigenvalue weighted by molar-refractivity contribution is 5.97. The summed E-state index contributed by atoms with van der Waals surface area (Å²) in [6.45, 7) is 2.69. The standard InChI is InChI=1S/C19H28N2O4/c1-24-14-8-11-20-19(23)16-9-4-5-10-17(16)25-15-18(22)21-12-6-2-3-7-13-21/h4-5,9-10H,2-3,6-8,11-15H2,1H3,(H,20,23). The van der Waals surface area contributed by atoms with Crippen LogP contribution in [0.1, 0.15) is 42.5 Å². The Labute approximate surface area is 149 Å². The fraction of sp³-hybridized carbons (Fsp3) is 0.579. The molecule has 0 atom stereocenters. The van der Waals surface area contributed by atoms with Gasteiger partial charge in [0.05, 0.1) is 5.56 Å². The van der Waals surface area contributed by atoms with Gasteiger partial charge in [0.15, 0.2) is 6.61 Å². The predicted molar refractivity (Wildman–Crippen MR) is 95.8 cm³/mol. The average molecular weight is 348 g/mol. The van der Waals surface area contributed by atoms with Crippen LogP contribution in [0.3, 0.4) is 0 Å². The van der Waals surface area contributed by atoms with Crippen molar-refractivity contribution in [2.24, 2.45) is 0 Å². The first-order chi connectivity index (χ1) is 12.2. The minimum absolute atomic E-state index is 0.0165. The highest BCUT2D eigenvalue weighted by Crippen LogP contribution is 2.18. The highest BCUT2D eigenvalue weighted by atomic mass is 16.5. The summed E-state index contributed by atoms with van der Waals surface area (Å²) in [5.41, 5.74) is 0.448. The molecule has 0 bridgehead atoms. The molecule has 0 aliphatic carbocycles. The molecule has 6 nitrogen and oxygen atoms in total. The first-order valence-electron chi connectivity index (χ1n) is 8.99. The molecule has 0 unspecified atom stereocenters. The normalized spacial score (nSPS) is 14.7. The number of likely N-dealkylation sites (tertiary alicyclic amines) is 1. The second-order valence-corrected chi connectivity index (χ2v) is 6.18. The monoisotopic (exact) mass is 348 g/mol. The fourth-order valence-electron chi connectivity index (χ4n) is 2.84. The van der Waals surface area contributed by atoms with E-state index in [1.165, 1.54) is 12.8 Å². The van der Waals surface area contributed by atoms with Gasteiger partial charge >= 0.3 is 0 Å². The molecule has 0 spiro atoms. The molecule has 1 heterocycles.